The molecule has 3 rings (SSSR count). The lowest BCUT2D eigenvalue weighted by Crippen LogP contribution is -2.13. The van der Waals surface area contributed by atoms with Gasteiger partial charge in [-0.1, -0.05) is 0 Å². The second kappa shape index (κ2) is 9.75. The molecule has 12 heteroatoms. The van der Waals surface area contributed by atoms with Crippen LogP contribution in [0.2, 0.25) is 0 Å². The summed E-state index contributed by atoms with van der Waals surface area (Å²) in [5, 5.41) is 20.8. The number of sulfonamides is 1. The van der Waals surface area contributed by atoms with Gasteiger partial charge in [0.25, 0.3) is 10.0 Å². The summed E-state index contributed by atoms with van der Waals surface area (Å²) in [5.41, 5.74) is -1.51. The zero-order chi connectivity index (χ0) is 25.8. The molecule has 0 saturated heterocycles. The van der Waals surface area contributed by atoms with Gasteiger partial charge in [-0.15, -0.1) is 0 Å². The average Bonchev–Trinajstić information content (AvgIpc) is 2.79. The number of hydrogen-bond acceptors (Lipinski definition) is 6. The van der Waals surface area contributed by atoms with Crippen LogP contribution in [0.5, 0.6) is 11.5 Å². The molecule has 8 nitrogen and oxygen atoms in total. The van der Waals surface area contributed by atoms with E-state index in [0.29, 0.717) is 11.8 Å². The Morgan fingerprint density at radius 1 is 0.914 bits per heavy atom. The van der Waals surface area contributed by atoms with E-state index in [1.165, 1.54) is 49.4 Å². The Morgan fingerprint density at radius 2 is 1.54 bits per heavy atom. The van der Waals surface area contributed by atoms with Crippen LogP contribution in [0.1, 0.15) is 23.6 Å². The van der Waals surface area contributed by atoms with E-state index < -0.39 is 27.3 Å². The van der Waals surface area contributed by atoms with Crippen molar-refractivity contribution in [1.82, 2.24) is 0 Å². The summed E-state index contributed by atoms with van der Waals surface area (Å²) >= 11 is 0. The minimum absolute atomic E-state index is 0.00986. The molecule has 0 fully saturated rings. The first kappa shape index (κ1) is 25.1. The smallest absolute Gasteiger partial charge is 0.417 e. The topological polar surface area (TPSA) is 132 Å². The number of carbonyl (C=O) groups excluding carboxylic acids is 1. The molecule has 178 valence electrons. The van der Waals surface area contributed by atoms with Crippen LogP contribution in [0.4, 0.5) is 24.5 Å². The monoisotopic (exact) mass is 500 g/mol. The zero-order valence-electron chi connectivity index (χ0n) is 17.8. The average molecular weight is 500 g/mol. The molecule has 0 unspecified atom stereocenters. The van der Waals surface area contributed by atoms with Crippen molar-refractivity contribution >= 4 is 27.3 Å². The van der Waals surface area contributed by atoms with Crippen molar-refractivity contribution in [3.8, 4) is 23.6 Å². The summed E-state index contributed by atoms with van der Waals surface area (Å²) in [6.45, 7) is 1.31. The Bertz CT molecular complexity index is 1470. The van der Waals surface area contributed by atoms with Crippen molar-refractivity contribution in [2.45, 2.75) is 18.0 Å². The molecule has 1 amide bonds. The minimum atomic E-state index is -4.79. The van der Waals surface area contributed by atoms with E-state index in [9.17, 15) is 31.6 Å². The minimum Gasteiger partial charge on any atom is -0.456 e. The number of nitrogens with one attached hydrogen (secondary N) is 2. The summed E-state index contributed by atoms with van der Waals surface area (Å²) in [6.07, 6.45) is -4.79. The number of anilines is 2. The molecule has 0 atom stereocenters. The van der Waals surface area contributed by atoms with Gasteiger partial charge in [0.1, 0.15) is 17.6 Å². The SMILES string of the molecule is CC(=O)Nc1ccc(S(=O)(=O)Nc2ccc(Oc3ccc(C#N)c(C(F)(F)F)c3)c(C#N)c2)cc1. The zero-order valence-corrected chi connectivity index (χ0v) is 18.7. The van der Waals surface area contributed by atoms with Gasteiger partial charge < -0.3 is 10.1 Å². The third-order valence-corrected chi connectivity index (χ3v) is 5.88. The van der Waals surface area contributed by atoms with Crippen LogP contribution in [0.25, 0.3) is 0 Å². The van der Waals surface area contributed by atoms with Crippen LogP contribution in [0, 0.1) is 22.7 Å². The first-order valence-electron chi connectivity index (χ1n) is 9.67. The van der Waals surface area contributed by atoms with Crippen molar-refractivity contribution in [1.29, 1.82) is 10.5 Å². The second-order valence-electron chi connectivity index (χ2n) is 7.05. The van der Waals surface area contributed by atoms with Crippen molar-refractivity contribution in [3.05, 3.63) is 77.4 Å². The van der Waals surface area contributed by atoms with Gasteiger partial charge in [0.15, 0.2) is 0 Å². The third kappa shape index (κ3) is 6.07. The molecular formula is C23H15F3N4O4S. The van der Waals surface area contributed by atoms with E-state index in [-0.39, 0.29) is 33.6 Å². The van der Waals surface area contributed by atoms with E-state index in [1.807, 2.05) is 0 Å². The first-order valence-corrected chi connectivity index (χ1v) is 11.1. The van der Waals surface area contributed by atoms with Crippen LogP contribution in [-0.4, -0.2) is 14.3 Å². The van der Waals surface area contributed by atoms with Gasteiger partial charge in [-0.05, 0) is 60.7 Å². The number of hydrogen-bond donors (Lipinski definition) is 2. The molecule has 3 aromatic rings. The number of nitrogens with zero attached hydrogens (tertiary/aromatic N) is 2. The molecule has 0 spiro atoms. The summed E-state index contributed by atoms with van der Waals surface area (Å²) in [5.74, 6) is -0.700. The number of benzene rings is 3. The van der Waals surface area contributed by atoms with Crippen molar-refractivity contribution < 1.29 is 31.1 Å². The van der Waals surface area contributed by atoms with Gasteiger partial charge >= 0.3 is 6.18 Å². The third-order valence-electron chi connectivity index (χ3n) is 4.48. The molecule has 0 saturated carbocycles. The number of ether oxygens (including phenoxy) is 1. The summed E-state index contributed by atoms with van der Waals surface area (Å²) in [4.78, 5) is 11.0. The molecular weight excluding hydrogens is 485 g/mol. The van der Waals surface area contributed by atoms with Crippen molar-refractivity contribution in [3.63, 3.8) is 0 Å². The standard InChI is InChI=1S/C23H15F3N4O4S/c1-14(31)29-17-3-7-20(8-4-17)35(32,33)30-18-5-9-22(16(10-18)13-28)34-19-6-2-15(12-27)21(11-19)23(24,25)26/h2-11,30H,1H3,(H,29,31). The fraction of sp³-hybridized carbons (Fsp3) is 0.0870. The molecule has 2 N–H and O–H groups in total. The van der Waals surface area contributed by atoms with E-state index in [0.717, 1.165) is 18.2 Å². The molecule has 3 aromatic carbocycles. The molecule has 0 aromatic heterocycles. The number of nitriles is 2. The number of carbonyl (C=O) groups is 1. The maximum absolute atomic E-state index is 13.2. The van der Waals surface area contributed by atoms with Crippen LogP contribution >= 0.6 is 0 Å². The molecule has 0 heterocycles. The Labute approximate surface area is 198 Å². The maximum Gasteiger partial charge on any atom is 0.417 e. The largest absolute Gasteiger partial charge is 0.456 e. The number of halogens is 3. The van der Waals surface area contributed by atoms with Crippen LogP contribution in [-0.2, 0) is 21.0 Å². The highest BCUT2D eigenvalue weighted by atomic mass is 32.2. The van der Waals surface area contributed by atoms with Gasteiger partial charge in [-0.25, -0.2) is 8.42 Å². The second-order valence-corrected chi connectivity index (χ2v) is 8.74. The molecule has 0 aliphatic heterocycles. The fourth-order valence-corrected chi connectivity index (χ4v) is 4.00. The molecule has 0 aliphatic rings. The lowest BCUT2D eigenvalue weighted by atomic mass is 10.1. The van der Waals surface area contributed by atoms with Gasteiger partial charge in [0, 0.05) is 12.6 Å². The number of rotatable bonds is 6. The fourth-order valence-electron chi connectivity index (χ4n) is 2.95. The predicted octanol–water partition coefficient (Wildman–Crippen LogP) is 5.00. The lowest BCUT2D eigenvalue weighted by Gasteiger charge is -2.13. The van der Waals surface area contributed by atoms with Crippen LogP contribution in [0.3, 0.4) is 0 Å². The highest BCUT2D eigenvalue weighted by Gasteiger charge is 2.34. The van der Waals surface area contributed by atoms with Crippen LogP contribution in [0.15, 0.2) is 65.6 Å². The Morgan fingerprint density at radius 3 is 2.11 bits per heavy atom. The summed E-state index contributed by atoms with van der Waals surface area (Å²) in [7, 11) is -4.05. The van der Waals surface area contributed by atoms with Crippen LogP contribution < -0.4 is 14.8 Å². The highest BCUT2D eigenvalue weighted by molar-refractivity contribution is 7.92. The summed E-state index contributed by atoms with van der Waals surface area (Å²) < 4.78 is 72.6. The molecule has 0 bridgehead atoms. The number of alkyl halides is 3. The van der Waals surface area contributed by atoms with Gasteiger partial charge in [-0.2, -0.15) is 23.7 Å². The predicted molar refractivity (Wildman–Crippen MR) is 119 cm³/mol. The first-order chi connectivity index (χ1) is 16.4. The van der Waals surface area contributed by atoms with E-state index >= 15 is 0 Å². The van der Waals surface area contributed by atoms with E-state index in [4.69, 9.17) is 10.00 Å². The quantitative estimate of drug-likeness (QED) is 0.490. The number of amides is 1. The van der Waals surface area contributed by atoms with Gasteiger partial charge in [-0.3, -0.25) is 9.52 Å². The van der Waals surface area contributed by atoms with E-state index in [2.05, 4.69) is 10.0 Å². The normalized spacial score (nSPS) is 11.1. The summed E-state index contributed by atoms with van der Waals surface area (Å²) in [6, 6.07) is 15.0. The van der Waals surface area contributed by atoms with Gasteiger partial charge in [0.2, 0.25) is 5.91 Å². The van der Waals surface area contributed by atoms with Gasteiger partial charge in [0.05, 0.1) is 33.3 Å². The Balaban J connectivity index is 1.84. The maximum atomic E-state index is 13.2. The Hall–Kier alpha value is -4.55. The lowest BCUT2D eigenvalue weighted by molar-refractivity contribution is -0.137. The molecule has 0 radical (unpaired) electrons. The van der Waals surface area contributed by atoms with Crippen molar-refractivity contribution in [2.75, 3.05) is 10.0 Å². The highest BCUT2D eigenvalue weighted by Crippen LogP contribution is 2.36. The molecule has 35 heavy (non-hydrogen) atoms. The Kier molecular flexibility index (Phi) is 6.99. The van der Waals surface area contributed by atoms with Crippen molar-refractivity contribution in [2.24, 2.45) is 0 Å². The molecule has 0 aliphatic carbocycles. The van der Waals surface area contributed by atoms with E-state index in [1.54, 1.807) is 6.07 Å².